The number of hydrogen-bond acceptors (Lipinski definition) is 4. The van der Waals surface area contributed by atoms with Crippen LogP contribution in [0.2, 0.25) is 0 Å². The summed E-state index contributed by atoms with van der Waals surface area (Å²) in [5.74, 6) is -7.64. The highest BCUT2D eigenvalue weighted by atomic mass is 19.4. The van der Waals surface area contributed by atoms with Crippen molar-refractivity contribution in [1.29, 1.82) is 10.5 Å². The van der Waals surface area contributed by atoms with Crippen LogP contribution in [0.15, 0.2) is 66.2 Å². The van der Waals surface area contributed by atoms with Crippen LogP contribution in [-0.4, -0.2) is 12.7 Å². The maximum atomic E-state index is 14.8. The molecule has 0 atom stereocenters. The molecule has 0 amide bonds. The second-order valence-corrected chi connectivity index (χ2v) is 9.05. The molecule has 0 fully saturated rings. The van der Waals surface area contributed by atoms with E-state index < -0.39 is 92.0 Å². The second kappa shape index (κ2) is 10.6. The highest BCUT2D eigenvalue weighted by Crippen LogP contribution is 2.54. The van der Waals surface area contributed by atoms with E-state index in [1.807, 2.05) is 0 Å². The van der Waals surface area contributed by atoms with Crippen molar-refractivity contribution in [2.45, 2.75) is 12.7 Å². The maximum Gasteiger partial charge on any atom is 0.573 e. The number of benzene rings is 4. The van der Waals surface area contributed by atoms with Gasteiger partial charge in [-0.3, -0.25) is 0 Å². The van der Waals surface area contributed by atoms with Gasteiger partial charge in [-0.05, 0) is 70.8 Å². The van der Waals surface area contributed by atoms with Gasteiger partial charge in [-0.1, -0.05) is 12.1 Å². The molecule has 0 aromatic heterocycles. The highest BCUT2D eigenvalue weighted by Gasteiger charge is 2.38. The third kappa shape index (κ3) is 5.38. The molecule has 0 heterocycles. The Morgan fingerprint density at radius 2 is 0.864 bits per heavy atom. The molecule has 14 heteroatoms. The largest absolute Gasteiger partial charge is 0.573 e. The second-order valence-electron chi connectivity index (χ2n) is 9.05. The Kier molecular flexibility index (Phi) is 7.25. The fourth-order valence-electron chi connectivity index (χ4n) is 4.89. The SMILES string of the molecule is N#CC(C#N)=C1c2cc(OC(F)(F)F)c(-c3c(F)cccc3F)cc2-c2cc(-c3c(F)cccc3F)c(OC(F)(F)F)cc21. The molecule has 4 aromatic rings. The average Bonchev–Trinajstić information content (AvgIpc) is 3.19. The Labute approximate surface area is 240 Å². The molecule has 0 aliphatic heterocycles. The minimum atomic E-state index is -5.42. The summed E-state index contributed by atoms with van der Waals surface area (Å²) in [4.78, 5) is 0. The molecule has 1 aliphatic rings. The summed E-state index contributed by atoms with van der Waals surface area (Å²) in [6.07, 6.45) is -10.8. The predicted molar refractivity (Wildman–Crippen MR) is 133 cm³/mol. The fraction of sp³-hybridized carbons (Fsp3) is 0.0667. The van der Waals surface area contributed by atoms with Gasteiger partial charge in [0.1, 0.15) is 52.5 Å². The summed E-state index contributed by atoms with van der Waals surface area (Å²) in [5, 5.41) is 19.2. The molecular formula is C30H10F10N2O2. The Bertz CT molecular complexity index is 1790. The molecule has 0 N–H and O–H groups in total. The van der Waals surface area contributed by atoms with Crippen LogP contribution in [-0.2, 0) is 0 Å². The van der Waals surface area contributed by atoms with Crippen molar-refractivity contribution in [1.82, 2.24) is 0 Å². The van der Waals surface area contributed by atoms with E-state index in [1.54, 1.807) is 0 Å². The minimum absolute atomic E-state index is 0.262. The molecular weight excluding hydrogens is 610 g/mol. The van der Waals surface area contributed by atoms with E-state index >= 15 is 0 Å². The zero-order valence-corrected chi connectivity index (χ0v) is 21.3. The number of alkyl halides is 6. The van der Waals surface area contributed by atoms with Crippen LogP contribution in [0.4, 0.5) is 43.9 Å². The molecule has 44 heavy (non-hydrogen) atoms. The number of fused-ring (bicyclic) bond motifs is 3. The van der Waals surface area contributed by atoms with Crippen molar-refractivity contribution in [3.8, 4) is 57.0 Å². The van der Waals surface area contributed by atoms with Gasteiger partial charge < -0.3 is 9.47 Å². The average molecular weight is 620 g/mol. The Morgan fingerprint density at radius 3 is 1.16 bits per heavy atom. The van der Waals surface area contributed by atoms with E-state index in [-0.39, 0.29) is 11.1 Å². The van der Waals surface area contributed by atoms with Gasteiger partial charge in [-0.25, -0.2) is 17.6 Å². The lowest BCUT2D eigenvalue weighted by Crippen LogP contribution is -2.18. The van der Waals surface area contributed by atoms with Crippen molar-refractivity contribution in [3.63, 3.8) is 0 Å². The fourth-order valence-corrected chi connectivity index (χ4v) is 4.89. The lowest BCUT2D eigenvalue weighted by Gasteiger charge is -2.17. The Morgan fingerprint density at radius 1 is 0.523 bits per heavy atom. The van der Waals surface area contributed by atoms with Crippen molar-refractivity contribution in [2.75, 3.05) is 0 Å². The molecule has 222 valence electrons. The van der Waals surface area contributed by atoms with Gasteiger partial charge >= 0.3 is 12.7 Å². The first-order valence-electron chi connectivity index (χ1n) is 12.0. The normalized spacial score (nSPS) is 12.2. The number of nitrogens with zero attached hydrogens (tertiary/aromatic N) is 2. The number of halogens is 10. The molecule has 0 saturated carbocycles. The van der Waals surface area contributed by atoms with Gasteiger partial charge in [-0.2, -0.15) is 10.5 Å². The summed E-state index contributed by atoms with van der Waals surface area (Å²) < 4.78 is 148. The van der Waals surface area contributed by atoms with Gasteiger partial charge in [0.15, 0.2) is 0 Å². The van der Waals surface area contributed by atoms with Crippen molar-refractivity contribution >= 4 is 5.57 Å². The van der Waals surface area contributed by atoms with Gasteiger partial charge in [0.25, 0.3) is 0 Å². The van der Waals surface area contributed by atoms with E-state index in [2.05, 4.69) is 9.47 Å². The van der Waals surface area contributed by atoms with Crippen LogP contribution in [0.25, 0.3) is 39.0 Å². The molecule has 0 unspecified atom stereocenters. The van der Waals surface area contributed by atoms with E-state index in [0.717, 1.165) is 48.5 Å². The first-order chi connectivity index (χ1) is 20.6. The first kappa shape index (κ1) is 30.0. The van der Waals surface area contributed by atoms with Crippen LogP contribution < -0.4 is 9.47 Å². The third-order valence-electron chi connectivity index (χ3n) is 6.46. The number of rotatable bonds is 4. The summed E-state index contributed by atoms with van der Waals surface area (Å²) in [7, 11) is 0. The van der Waals surface area contributed by atoms with Crippen LogP contribution in [0.3, 0.4) is 0 Å². The van der Waals surface area contributed by atoms with Gasteiger partial charge in [0, 0.05) is 16.7 Å². The molecule has 1 aliphatic carbocycles. The van der Waals surface area contributed by atoms with Crippen LogP contribution in [0.1, 0.15) is 11.1 Å². The van der Waals surface area contributed by atoms with Crippen molar-refractivity contribution in [3.05, 3.63) is 101 Å². The molecule has 0 bridgehead atoms. The van der Waals surface area contributed by atoms with Gasteiger partial charge in [-0.15, -0.1) is 26.3 Å². The first-order valence-corrected chi connectivity index (χ1v) is 12.0. The summed E-state index contributed by atoms with van der Waals surface area (Å²) >= 11 is 0. The van der Waals surface area contributed by atoms with Gasteiger partial charge in [0.2, 0.25) is 0 Å². The van der Waals surface area contributed by atoms with Crippen LogP contribution in [0, 0.1) is 45.9 Å². The van der Waals surface area contributed by atoms with Crippen molar-refractivity contribution in [2.24, 2.45) is 0 Å². The highest BCUT2D eigenvalue weighted by molar-refractivity contribution is 6.07. The third-order valence-corrected chi connectivity index (χ3v) is 6.46. The van der Waals surface area contributed by atoms with Crippen molar-refractivity contribution < 1.29 is 53.4 Å². The number of nitriles is 2. The molecule has 5 rings (SSSR count). The Hall–Kier alpha value is -5.50. The van der Waals surface area contributed by atoms with E-state index in [9.17, 15) is 54.4 Å². The zero-order chi connectivity index (χ0) is 32.1. The Balaban J connectivity index is 1.94. The predicted octanol–water partition coefficient (Wildman–Crippen LogP) is 9.20. The zero-order valence-electron chi connectivity index (χ0n) is 21.3. The number of hydrogen-bond donors (Lipinski definition) is 0. The lowest BCUT2D eigenvalue weighted by atomic mass is 9.94. The minimum Gasteiger partial charge on any atom is -0.405 e. The lowest BCUT2D eigenvalue weighted by molar-refractivity contribution is -0.275. The topological polar surface area (TPSA) is 66.0 Å². The molecule has 0 saturated heterocycles. The van der Waals surface area contributed by atoms with Crippen LogP contribution in [0.5, 0.6) is 11.5 Å². The molecule has 4 nitrogen and oxygen atoms in total. The standard InChI is InChI=1S/C30H10F10N2O2/c31-20-3-1-4-21(32)27(20)18-7-14-15-8-19(28-22(33)5-2-6-23(28)34)25(44-30(38,39)40)10-17(15)26(13(11-41)12-42)16(14)9-24(18)43-29(35,36)37/h1-10H. The van der Waals surface area contributed by atoms with Gasteiger partial charge in [0.05, 0.1) is 11.1 Å². The summed E-state index contributed by atoms with van der Waals surface area (Å²) in [6.45, 7) is 0. The van der Waals surface area contributed by atoms with E-state index in [1.165, 1.54) is 12.1 Å². The van der Waals surface area contributed by atoms with E-state index in [0.29, 0.717) is 12.1 Å². The molecule has 0 radical (unpaired) electrons. The quantitative estimate of drug-likeness (QED) is 0.149. The number of allylic oxidation sites excluding steroid dienone is 1. The monoisotopic (exact) mass is 620 g/mol. The smallest absolute Gasteiger partial charge is 0.405 e. The van der Waals surface area contributed by atoms with Crippen LogP contribution >= 0.6 is 0 Å². The number of ether oxygens (including phenoxy) is 2. The summed E-state index contributed by atoms with van der Waals surface area (Å²) in [5.41, 5.74) is -6.20. The molecule has 0 spiro atoms. The summed E-state index contributed by atoms with van der Waals surface area (Å²) in [6, 6.07) is 10.6. The van der Waals surface area contributed by atoms with E-state index in [4.69, 9.17) is 0 Å². The maximum absolute atomic E-state index is 14.8. The molecule has 4 aromatic carbocycles.